The fourth-order valence-corrected chi connectivity index (χ4v) is 1.71. The first kappa shape index (κ1) is 15.1. The first-order valence-electron chi connectivity index (χ1n) is 5.58. The number of amides is 1. The smallest absolute Gasteiger partial charge is 0.416 e. The van der Waals surface area contributed by atoms with Crippen molar-refractivity contribution in [2.24, 2.45) is 5.73 Å². The van der Waals surface area contributed by atoms with Crippen LogP contribution >= 0.6 is 11.6 Å². The molecule has 0 unspecified atom stereocenters. The van der Waals surface area contributed by atoms with Gasteiger partial charge in [-0.1, -0.05) is 17.7 Å². The largest absolute Gasteiger partial charge is 0.455 e. The van der Waals surface area contributed by atoms with E-state index in [-0.39, 0.29) is 22.2 Å². The zero-order valence-electron chi connectivity index (χ0n) is 10.3. The number of alkyl halides is 3. The first-order valence-corrected chi connectivity index (χ1v) is 5.95. The third-order valence-electron chi connectivity index (χ3n) is 2.49. The summed E-state index contributed by atoms with van der Waals surface area (Å²) in [5.74, 6) is -1.01. The number of nitrogens with two attached hydrogens (primary N) is 1. The predicted molar refractivity (Wildman–Crippen MR) is 69.3 cm³/mol. The predicted octanol–water partition coefficient (Wildman–Crippen LogP) is 3.65. The van der Waals surface area contributed by atoms with Crippen molar-refractivity contribution in [3.63, 3.8) is 0 Å². The Labute approximate surface area is 122 Å². The van der Waals surface area contributed by atoms with Crippen LogP contribution in [0.25, 0.3) is 0 Å². The number of ether oxygens (including phenoxy) is 1. The second-order valence-electron chi connectivity index (χ2n) is 4.00. The topological polar surface area (TPSA) is 65.2 Å². The van der Waals surface area contributed by atoms with Crippen molar-refractivity contribution < 1.29 is 22.7 Å². The van der Waals surface area contributed by atoms with Crippen LogP contribution in [-0.2, 0) is 6.18 Å². The molecule has 1 heterocycles. The number of nitrogens with zero attached hydrogens (tertiary/aromatic N) is 1. The highest BCUT2D eigenvalue weighted by molar-refractivity contribution is 6.29. The molecule has 2 N–H and O–H groups in total. The molecule has 0 aliphatic rings. The molecule has 0 bridgehead atoms. The number of hydrogen-bond acceptors (Lipinski definition) is 3. The van der Waals surface area contributed by atoms with Gasteiger partial charge in [0.15, 0.2) is 5.75 Å². The summed E-state index contributed by atoms with van der Waals surface area (Å²) in [5, 5.41) is 0.0141. The molecule has 1 aromatic carbocycles. The van der Waals surface area contributed by atoms with Gasteiger partial charge >= 0.3 is 6.18 Å². The van der Waals surface area contributed by atoms with Crippen molar-refractivity contribution >= 4 is 17.5 Å². The number of carbonyl (C=O) groups excluding carboxylic acids is 1. The Kier molecular flexibility index (Phi) is 4.04. The molecule has 0 spiro atoms. The molecular weight excluding hydrogens is 309 g/mol. The minimum Gasteiger partial charge on any atom is -0.455 e. The molecule has 0 aliphatic carbocycles. The lowest BCUT2D eigenvalue weighted by Crippen LogP contribution is -2.12. The van der Waals surface area contributed by atoms with Crippen LogP contribution < -0.4 is 10.5 Å². The van der Waals surface area contributed by atoms with Crippen molar-refractivity contribution in [3.8, 4) is 11.5 Å². The van der Waals surface area contributed by atoms with Gasteiger partial charge in [-0.2, -0.15) is 13.2 Å². The second kappa shape index (κ2) is 5.61. The van der Waals surface area contributed by atoms with Gasteiger partial charge in [0, 0.05) is 0 Å². The monoisotopic (exact) mass is 316 g/mol. The van der Waals surface area contributed by atoms with Crippen molar-refractivity contribution in [1.29, 1.82) is 0 Å². The van der Waals surface area contributed by atoms with Gasteiger partial charge in [0.2, 0.25) is 0 Å². The van der Waals surface area contributed by atoms with Gasteiger partial charge in [0.05, 0.1) is 17.3 Å². The summed E-state index contributed by atoms with van der Waals surface area (Å²) < 4.78 is 43.1. The SMILES string of the molecule is NC(=O)c1cc(Cl)ncc1Oc1cccc(C(F)(F)F)c1. The number of rotatable bonds is 3. The molecule has 21 heavy (non-hydrogen) atoms. The third-order valence-corrected chi connectivity index (χ3v) is 2.70. The van der Waals surface area contributed by atoms with E-state index in [1.54, 1.807) is 0 Å². The molecule has 1 amide bonds. The van der Waals surface area contributed by atoms with E-state index in [9.17, 15) is 18.0 Å². The highest BCUT2D eigenvalue weighted by Gasteiger charge is 2.30. The number of primary amides is 1. The minimum atomic E-state index is -4.50. The molecule has 4 nitrogen and oxygen atoms in total. The summed E-state index contributed by atoms with van der Waals surface area (Å²) in [4.78, 5) is 15.0. The minimum absolute atomic E-state index is 0.0141. The van der Waals surface area contributed by atoms with Crippen molar-refractivity contribution in [2.75, 3.05) is 0 Å². The lowest BCUT2D eigenvalue weighted by Gasteiger charge is -2.11. The van der Waals surface area contributed by atoms with Gasteiger partial charge in [0.1, 0.15) is 10.9 Å². The van der Waals surface area contributed by atoms with Gasteiger partial charge in [0.25, 0.3) is 5.91 Å². The molecule has 2 rings (SSSR count). The van der Waals surface area contributed by atoms with E-state index >= 15 is 0 Å². The van der Waals surface area contributed by atoms with E-state index in [0.717, 1.165) is 18.3 Å². The highest BCUT2D eigenvalue weighted by Crippen LogP contribution is 2.33. The van der Waals surface area contributed by atoms with E-state index in [1.165, 1.54) is 18.2 Å². The fourth-order valence-electron chi connectivity index (χ4n) is 1.55. The number of hydrogen-bond donors (Lipinski definition) is 1. The average Bonchev–Trinajstić information content (AvgIpc) is 2.40. The van der Waals surface area contributed by atoms with Gasteiger partial charge in [-0.25, -0.2) is 4.98 Å². The Hall–Kier alpha value is -2.28. The third kappa shape index (κ3) is 3.63. The molecule has 0 atom stereocenters. The zero-order valence-corrected chi connectivity index (χ0v) is 11.1. The normalized spacial score (nSPS) is 11.2. The van der Waals surface area contributed by atoms with E-state index in [1.807, 2.05) is 0 Å². The maximum Gasteiger partial charge on any atom is 0.416 e. The van der Waals surface area contributed by atoms with Crippen LogP contribution in [-0.4, -0.2) is 10.9 Å². The lowest BCUT2D eigenvalue weighted by molar-refractivity contribution is -0.137. The van der Waals surface area contributed by atoms with Crippen LogP contribution in [0.15, 0.2) is 36.5 Å². The lowest BCUT2D eigenvalue weighted by atomic mass is 10.2. The summed E-state index contributed by atoms with van der Waals surface area (Å²) in [7, 11) is 0. The standard InChI is InChI=1S/C13H8ClF3N2O2/c14-11-5-9(12(18)20)10(6-19-11)21-8-3-1-2-7(4-8)13(15,16)17/h1-6H,(H2,18,20). The van der Waals surface area contributed by atoms with Crippen LogP contribution in [0, 0.1) is 0 Å². The van der Waals surface area contributed by atoms with Crippen molar-refractivity contribution in [2.45, 2.75) is 6.18 Å². The molecule has 0 fully saturated rings. The second-order valence-corrected chi connectivity index (χ2v) is 4.38. The Morgan fingerprint density at radius 3 is 2.62 bits per heavy atom. The number of halogens is 4. The Morgan fingerprint density at radius 2 is 2.00 bits per heavy atom. The number of carbonyl (C=O) groups is 1. The van der Waals surface area contributed by atoms with E-state index < -0.39 is 17.6 Å². The van der Waals surface area contributed by atoms with Crippen molar-refractivity contribution in [1.82, 2.24) is 4.98 Å². The fraction of sp³-hybridized carbons (Fsp3) is 0.0769. The maximum atomic E-state index is 12.6. The Balaban J connectivity index is 2.37. The van der Waals surface area contributed by atoms with Gasteiger partial charge in [-0.15, -0.1) is 0 Å². The van der Waals surface area contributed by atoms with Crippen molar-refractivity contribution in [3.05, 3.63) is 52.8 Å². The van der Waals surface area contributed by atoms with E-state index in [2.05, 4.69) is 4.98 Å². The molecule has 0 saturated carbocycles. The van der Waals surface area contributed by atoms with E-state index in [0.29, 0.717) is 0 Å². The molecule has 110 valence electrons. The Morgan fingerprint density at radius 1 is 1.29 bits per heavy atom. The van der Waals surface area contributed by atoms with E-state index in [4.69, 9.17) is 22.1 Å². The molecule has 0 saturated heterocycles. The number of benzene rings is 1. The molecule has 1 aromatic heterocycles. The van der Waals surface area contributed by atoms with Gasteiger partial charge in [-0.3, -0.25) is 4.79 Å². The quantitative estimate of drug-likeness (QED) is 0.879. The maximum absolute atomic E-state index is 12.6. The van der Waals surface area contributed by atoms with Crippen LogP contribution in [0.3, 0.4) is 0 Å². The van der Waals surface area contributed by atoms with Crippen LogP contribution in [0.1, 0.15) is 15.9 Å². The van der Waals surface area contributed by atoms with Crippen LogP contribution in [0.5, 0.6) is 11.5 Å². The Bertz CT molecular complexity index is 689. The van der Waals surface area contributed by atoms with Gasteiger partial charge in [-0.05, 0) is 24.3 Å². The molecule has 8 heteroatoms. The summed E-state index contributed by atoms with van der Waals surface area (Å²) in [5.41, 5.74) is 4.20. The van der Waals surface area contributed by atoms with Gasteiger partial charge < -0.3 is 10.5 Å². The molecule has 0 aliphatic heterocycles. The summed E-state index contributed by atoms with van der Waals surface area (Å²) in [6, 6.07) is 5.38. The first-order chi connectivity index (χ1) is 9.77. The molecule has 0 radical (unpaired) electrons. The highest BCUT2D eigenvalue weighted by atomic mass is 35.5. The summed E-state index contributed by atoms with van der Waals surface area (Å²) in [6.07, 6.45) is -3.38. The summed E-state index contributed by atoms with van der Waals surface area (Å²) >= 11 is 5.63. The molecular formula is C13H8ClF3N2O2. The zero-order chi connectivity index (χ0) is 15.6. The number of aromatic nitrogens is 1. The average molecular weight is 317 g/mol. The van der Waals surface area contributed by atoms with Crippen LogP contribution in [0.4, 0.5) is 13.2 Å². The number of pyridine rings is 1. The summed E-state index contributed by atoms with van der Waals surface area (Å²) in [6.45, 7) is 0. The molecule has 2 aromatic rings. The van der Waals surface area contributed by atoms with Crippen LogP contribution in [0.2, 0.25) is 5.15 Å².